The zero-order valence-corrected chi connectivity index (χ0v) is 14.6. The minimum Gasteiger partial charge on any atom is -0.508 e. The highest BCUT2D eigenvalue weighted by Gasteiger charge is 2.31. The van der Waals surface area contributed by atoms with Crippen molar-refractivity contribution in [3.63, 3.8) is 0 Å². The quantitative estimate of drug-likeness (QED) is 0.625. The first-order valence-electron chi connectivity index (χ1n) is 8.50. The number of aromatic nitrogens is 2. The number of aromatic hydroxyl groups is 1. The number of halogens is 3. The number of anilines is 1. The van der Waals surface area contributed by atoms with Crippen molar-refractivity contribution in [2.24, 2.45) is 0 Å². The van der Waals surface area contributed by atoms with Gasteiger partial charge in [0.15, 0.2) is 5.82 Å². The molecule has 6 nitrogen and oxygen atoms in total. The van der Waals surface area contributed by atoms with Crippen molar-refractivity contribution in [3.8, 4) is 5.75 Å². The third-order valence-electron chi connectivity index (χ3n) is 3.64. The van der Waals surface area contributed by atoms with Gasteiger partial charge in [-0.1, -0.05) is 24.2 Å². The normalized spacial score (nSPS) is 11.7. The van der Waals surface area contributed by atoms with Crippen LogP contribution in [0.2, 0.25) is 0 Å². The van der Waals surface area contributed by atoms with Crippen molar-refractivity contribution in [2.75, 3.05) is 31.1 Å². The number of rotatable bonds is 10. The largest absolute Gasteiger partial charge is 0.508 e. The Morgan fingerprint density at radius 3 is 2.73 bits per heavy atom. The molecule has 1 heterocycles. The molecule has 26 heavy (non-hydrogen) atoms. The zero-order chi connectivity index (χ0) is 19.0. The molecule has 0 aliphatic carbocycles. The van der Waals surface area contributed by atoms with Crippen LogP contribution in [0.1, 0.15) is 24.7 Å². The minimum absolute atomic E-state index is 0.112. The molecule has 1 aromatic heterocycles. The van der Waals surface area contributed by atoms with Crippen molar-refractivity contribution in [3.05, 3.63) is 35.7 Å². The van der Waals surface area contributed by atoms with Gasteiger partial charge in [-0.15, -0.1) is 0 Å². The monoisotopic (exact) mass is 372 g/mol. The number of nitrogens with one attached hydrogen (secondary N) is 1. The van der Waals surface area contributed by atoms with Gasteiger partial charge in [0.05, 0.1) is 0 Å². The van der Waals surface area contributed by atoms with Gasteiger partial charge in [0.25, 0.3) is 0 Å². The van der Waals surface area contributed by atoms with Crippen molar-refractivity contribution in [1.82, 2.24) is 15.5 Å². The summed E-state index contributed by atoms with van der Waals surface area (Å²) in [6, 6.07) is 7.18. The molecule has 0 spiro atoms. The maximum absolute atomic E-state index is 12.4. The summed E-state index contributed by atoms with van der Waals surface area (Å²) >= 11 is 0. The summed E-state index contributed by atoms with van der Waals surface area (Å²) in [4.78, 5) is 5.62. The van der Waals surface area contributed by atoms with Crippen molar-refractivity contribution < 1.29 is 22.8 Å². The number of phenolic OH excluding ortho intramolecular Hbond substituents is 1. The maximum Gasteiger partial charge on any atom is 0.396 e. The fraction of sp³-hybridized carbons (Fsp3) is 0.529. The molecule has 144 valence electrons. The summed E-state index contributed by atoms with van der Waals surface area (Å²) in [6.07, 6.45) is -3.98. The smallest absolute Gasteiger partial charge is 0.396 e. The lowest BCUT2D eigenvalue weighted by molar-refractivity contribution is -0.128. The van der Waals surface area contributed by atoms with Gasteiger partial charge >= 0.3 is 12.2 Å². The molecule has 0 unspecified atom stereocenters. The van der Waals surface area contributed by atoms with Gasteiger partial charge in [-0.05, 0) is 37.1 Å². The first-order chi connectivity index (χ1) is 12.4. The summed E-state index contributed by atoms with van der Waals surface area (Å²) in [6.45, 7) is 4.46. The van der Waals surface area contributed by atoms with E-state index in [0.29, 0.717) is 26.2 Å². The minimum atomic E-state index is -4.36. The molecule has 2 rings (SSSR count). The summed E-state index contributed by atoms with van der Waals surface area (Å²) in [7, 11) is 0. The maximum atomic E-state index is 12.4. The van der Waals surface area contributed by atoms with E-state index < -0.39 is 12.6 Å². The van der Waals surface area contributed by atoms with E-state index in [9.17, 15) is 18.3 Å². The van der Waals surface area contributed by atoms with E-state index >= 15 is 0 Å². The Morgan fingerprint density at radius 1 is 1.23 bits per heavy atom. The Balaban J connectivity index is 1.79. The second-order valence-corrected chi connectivity index (χ2v) is 5.94. The van der Waals surface area contributed by atoms with Gasteiger partial charge in [-0.2, -0.15) is 18.2 Å². The van der Waals surface area contributed by atoms with Crippen molar-refractivity contribution in [2.45, 2.75) is 32.4 Å². The van der Waals surface area contributed by atoms with Crippen molar-refractivity contribution in [1.29, 1.82) is 0 Å². The van der Waals surface area contributed by atoms with Gasteiger partial charge in [-0.3, -0.25) is 0 Å². The zero-order valence-electron chi connectivity index (χ0n) is 14.6. The first kappa shape index (κ1) is 20.0. The Bertz CT molecular complexity index is 676. The lowest BCUT2D eigenvalue weighted by Gasteiger charge is -2.19. The molecule has 0 atom stereocenters. The number of nitrogens with zero attached hydrogens (tertiary/aromatic N) is 3. The molecule has 2 N–H and O–H groups in total. The second kappa shape index (κ2) is 9.42. The van der Waals surface area contributed by atoms with E-state index in [1.165, 1.54) is 0 Å². The lowest BCUT2D eigenvalue weighted by Crippen LogP contribution is -2.33. The number of phenols is 1. The van der Waals surface area contributed by atoms with E-state index in [0.717, 1.165) is 18.4 Å². The predicted octanol–water partition coefficient (Wildman–Crippen LogP) is 2.93. The van der Waals surface area contributed by atoms with E-state index in [2.05, 4.69) is 15.5 Å². The number of hydrogen-bond acceptors (Lipinski definition) is 6. The molecule has 0 saturated carbocycles. The fourth-order valence-corrected chi connectivity index (χ4v) is 2.48. The standard InChI is InChI=1S/C17H23F3N4O2/c1-2-9-24(16-22-15(23-26-16)12-17(18,19)20)10-8-21-7-6-13-4-3-5-14(25)11-13/h3-5,11,21,25H,2,6-10,12H2,1H3. The van der Waals surface area contributed by atoms with Crippen LogP contribution in [0.25, 0.3) is 0 Å². The molecule has 0 aliphatic heterocycles. The van der Waals surface area contributed by atoms with Crippen LogP contribution >= 0.6 is 0 Å². The van der Waals surface area contributed by atoms with Crippen LogP contribution < -0.4 is 10.2 Å². The molecule has 0 radical (unpaired) electrons. The van der Waals surface area contributed by atoms with Crippen LogP contribution in [0.15, 0.2) is 28.8 Å². The average Bonchev–Trinajstić information content (AvgIpc) is 3.00. The van der Waals surface area contributed by atoms with Crippen LogP contribution in [0.3, 0.4) is 0 Å². The summed E-state index contributed by atoms with van der Waals surface area (Å²) in [5.74, 6) is -0.117. The molecule has 9 heteroatoms. The molecule has 0 saturated heterocycles. The van der Waals surface area contributed by atoms with Crippen LogP contribution in [-0.4, -0.2) is 47.6 Å². The van der Waals surface area contributed by atoms with Crippen LogP contribution in [0.4, 0.5) is 19.2 Å². The predicted molar refractivity (Wildman–Crippen MR) is 91.2 cm³/mol. The summed E-state index contributed by atoms with van der Waals surface area (Å²) < 4.78 is 42.1. The third-order valence-corrected chi connectivity index (χ3v) is 3.64. The molecule has 1 aromatic carbocycles. The van der Waals surface area contributed by atoms with Gasteiger partial charge < -0.3 is 19.8 Å². The Labute approximate surface area is 150 Å². The second-order valence-electron chi connectivity index (χ2n) is 5.94. The number of hydrogen-bond donors (Lipinski definition) is 2. The van der Waals surface area contributed by atoms with Gasteiger partial charge in [-0.25, -0.2) is 0 Å². The van der Waals surface area contributed by atoms with E-state index in [4.69, 9.17) is 4.52 Å². The summed E-state index contributed by atoms with van der Waals surface area (Å²) in [5.41, 5.74) is 1.02. The van der Waals surface area contributed by atoms with Gasteiger partial charge in [0, 0.05) is 19.6 Å². The third kappa shape index (κ3) is 6.91. The highest BCUT2D eigenvalue weighted by atomic mass is 19.4. The molecular weight excluding hydrogens is 349 g/mol. The Morgan fingerprint density at radius 2 is 2.04 bits per heavy atom. The highest BCUT2D eigenvalue weighted by molar-refractivity contribution is 5.27. The van der Waals surface area contributed by atoms with Crippen molar-refractivity contribution >= 4 is 6.01 Å². The topological polar surface area (TPSA) is 74.4 Å². The molecule has 0 aliphatic rings. The Kier molecular flexibility index (Phi) is 7.26. The van der Waals surface area contributed by atoms with Crippen LogP contribution in [0, 0.1) is 0 Å². The Hall–Kier alpha value is -2.29. The molecule has 0 fully saturated rings. The fourth-order valence-electron chi connectivity index (χ4n) is 2.48. The van der Waals surface area contributed by atoms with E-state index in [-0.39, 0.29) is 17.6 Å². The van der Waals surface area contributed by atoms with Crippen LogP contribution in [0.5, 0.6) is 5.75 Å². The average molecular weight is 372 g/mol. The SMILES string of the molecule is CCCN(CCNCCc1cccc(O)c1)c1nc(CC(F)(F)F)no1. The van der Waals surface area contributed by atoms with Gasteiger partial charge in [0.2, 0.25) is 0 Å². The van der Waals surface area contributed by atoms with Crippen LogP contribution in [-0.2, 0) is 12.8 Å². The van der Waals surface area contributed by atoms with E-state index in [1.807, 2.05) is 13.0 Å². The molecule has 2 aromatic rings. The molecule has 0 bridgehead atoms. The highest BCUT2D eigenvalue weighted by Crippen LogP contribution is 2.21. The molecular formula is C17H23F3N4O2. The molecule has 0 amide bonds. The lowest BCUT2D eigenvalue weighted by atomic mass is 10.1. The number of alkyl halides is 3. The number of benzene rings is 1. The summed E-state index contributed by atoms with van der Waals surface area (Å²) in [5, 5.41) is 16.1. The van der Waals surface area contributed by atoms with E-state index in [1.54, 1.807) is 23.1 Å². The first-order valence-corrected chi connectivity index (χ1v) is 8.50. The van der Waals surface area contributed by atoms with Gasteiger partial charge in [0.1, 0.15) is 12.2 Å².